The lowest BCUT2D eigenvalue weighted by atomic mass is 9.96. The lowest BCUT2D eigenvalue weighted by molar-refractivity contribution is -0.136. The average molecular weight is 333 g/mol. The summed E-state index contributed by atoms with van der Waals surface area (Å²) in [4.78, 5) is 28.7. The van der Waals surface area contributed by atoms with Crippen LogP contribution in [0.3, 0.4) is 0 Å². The lowest BCUT2D eigenvalue weighted by Crippen LogP contribution is -2.47. The maximum absolute atomic E-state index is 12.6. The Hall–Kier alpha value is -1.82. The second-order valence-corrected chi connectivity index (χ2v) is 7.14. The fourth-order valence-electron chi connectivity index (χ4n) is 3.34. The van der Waals surface area contributed by atoms with E-state index < -0.39 is 0 Å². The van der Waals surface area contributed by atoms with E-state index in [1.54, 1.807) is 6.26 Å². The van der Waals surface area contributed by atoms with Crippen molar-refractivity contribution in [1.82, 2.24) is 15.1 Å². The second kappa shape index (κ2) is 7.38. The monoisotopic (exact) mass is 333 g/mol. The molecule has 2 heterocycles. The summed E-state index contributed by atoms with van der Waals surface area (Å²) >= 11 is 0. The highest BCUT2D eigenvalue weighted by molar-refractivity contribution is 5.83. The maximum Gasteiger partial charge on any atom is 0.225 e. The Bertz CT molecular complexity index is 566. The molecule has 2 amide bonds. The molecule has 6 nitrogen and oxygen atoms in total. The number of furan rings is 1. The molecule has 6 heteroatoms. The van der Waals surface area contributed by atoms with Crippen molar-refractivity contribution in [3.8, 4) is 0 Å². The predicted octanol–water partition coefficient (Wildman–Crippen LogP) is 1.65. The first-order chi connectivity index (χ1) is 11.6. The van der Waals surface area contributed by atoms with Gasteiger partial charge in [0.05, 0.1) is 18.2 Å². The minimum atomic E-state index is -0.0964. The van der Waals surface area contributed by atoms with E-state index in [0.717, 1.165) is 38.0 Å². The Labute approximate surface area is 143 Å². The molecular formula is C18H27N3O3. The minimum Gasteiger partial charge on any atom is -0.468 e. The molecule has 1 saturated heterocycles. The van der Waals surface area contributed by atoms with Crippen LogP contribution in [0.2, 0.25) is 0 Å². The number of nitrogens with one attached hydrogen (secondary N) is 1. The van der Waals surface area contributed by atoms with E-state index in [0.29, 0.717) is 13.1 Å². The summed E-state index contributed by atoms with van der Waals surface area (Å²) < 4.78 is 5.47. The zero-order valence-electron chi connectivity index (χ0n) is 14.5. The molecule has 1 aromatic rings. The first-order valence-electron chi connectivity index (χ1n) is 8.82. The van der Waals surface area contributed by atoms with Crippen LogP contribution in [-0.4, -0.2) is 55.3 Å². The van der Waals surface area contributed by atoms with Crippen molar-refractivity contribution in [2.24, 2.45) is 11.8 Å². The number of carbonyl (C=O) groups is 2. The number of hydrogen-bond donors (Lipinski definition) is 1. The summed E-state index contributed by atoms with van der Waals surface area (Å²) in [5.74, 6) is 1.26. The van der Waals surface area contributed by atoms with E-state index in [2.05, 4.69) is 5.32 Å². The van der Waals surface area contributed by atoms with Crippen LogP contribution in [0.4, 0.5) is 0 Å². The molecular weight excluding hydrogens is 306 g/mol. The smallest absolute Gasteiger partial charge is 0.225 e. The van der Waals surface area contributed by atoms with Gasteiger partial charge in [-0.05, 0) is 51.9 Å². The van der Waals surface area contributed by atoms with Crippen LogP contribution in [0, 0.1) is 11.8 Å². The topological polar surface area (TPSA) is 65.8 Å². The highest BCUT2D eigenvalue weighted by atomic mass is 16.3. The molecule has 1 aliphatic carbocycles. The van der Waals surface area contributed by atoms with Gasteiger partial charge in [0.1, 0.15) is 5.76 Å². The van der Waals surface area contributed by atoms with Crippen LogP contribution in [-0.2, 0) is 9.59 Å². The van der Waals surface area contributed by atoms with Crippen molar-refractivity contribution in [2.75, 3.05) is 33.7 Å². The van der Waals surface area contributed by atoms with Gasteiger partial charge in [-0.3, -0.25) is 14.5 Å². The fourth-order valence-corrected chi connectivity index (χ4v) is 3.34. The summed E-state index contributed by atoms with van der Waals surface area (Å²) in [5, 5.41) is 3.05. The average Bonchev–Trinajstić information content (AvgIpc) is 3.30. The van der Waals surface area contributed by atoms with Crippen molar-refractivity contribution < 1.29 is 14.0 Å². The molecule has 0 spiro atoms. The molecule has 2 atom stereocenters. The van der Waals surface area contributed by atoms with Gasteiger partial charge in [0.25, 0.3) is 0 Å². The largest absolute Gasteiger partial charge is 0.468 e. The molecule has 24 heavy (non-hydrogen) atoms. The SMILES string of the molecule is CN(C)[C@@H](CNC(=O)[C@@H]1CCCN(C(=O)C2CC2)C1)c1ccco1. The van der Waals surface area contributed by atoms with E-state index in [1.807, 2.05) is 36.0 Å². The Morgan fingerprint density at radius 1 is 1.33 bits per heavy atom. The number of piperidine rings is 1. The zero-order valence-corrected chi connectivity index (χ0v) is 14.5. The normalized spacial score (nSPS) is 22.5. The molecule has 1 saturated carbocycles. The fraction of sp³-hybridized carbons (Fsp3) is 0.667. The summed E-state index contributed by atoms with van der Waals surface area (Å²) in [6.07, 6.45) is 5.44. The van der Waals surface area contributed by atoms with Crippen molar-refractivity contribution >= 4 is 11.8 Å². The molecule has 3 rings (SSSR count). The van der Waals surface area contributed by atoms with Gasteiger partial charge in [-0.1, -0.05) is 0 Å². The highest BCUT2D eigenvalue weighted by Gasteiger charge is 2.36. The van der Waals surface area contributed by atoms with Gasteiger partial charge >= 0.3 is 0 Å². The van der Waals surface area contributed by atoms with Gasteiger partial charge in [0.15, 0.2) is 0 Å². The van der Waals surface area contributed by atoms with Crippen molar-refractivity contribution in [2.45, 2.75) is 31.7 Å². The number of nitrogens with zero attached hydrogens (tertiary/aromatic N) is 2. The van der Waals surface area contributed by atoms with Crippen molar-refractivity contribution in [1.29, 1.82) is 0 Å². The van der Waals surface area contributed by atoms with Crippen LogP contribution in [0.25, 0.3) is 0 Å². The molecule has 2 fully saturated rings. The zero-order chi connectivity index (χ0) is 17.1. The predicted molar refractivity (Wildman–Crippen MR) is 90.2 cm³/mol. The molecule has 0 aromatic carbocycles. The van der Waals surface area contributed by atoms with Gasteiger partial charge in [-0.25, -0.2) is 0 Å². The minimum absolute atomic E-state index is 0.0109. The van der Waals surface area contributed by atoms with Crippen LogP contribution >= 0.6 is 0 Å². The van der Waals surface area contributed by atoms with Gasteiger partial charge < -0.3 is 14.6 Å². The quantitative estimate of drug-likeness (QED) is 0.860. The van der Waals surface area contributed by atoms with E-state index in [-0.39, 0.29) is 29.7 Å². The molecule has 0 radical (unpaired) electrons. The van der Waals surface area contributed by atoms with Gasteiger partial charge in [0.2, 0.25) is 11.8 Å². The van der Waals surface area contributed by atoms with Crippen LogP contribution in [0.1, 0.15) is 37.5 Å². The van der Waals surface area contributed by atoms with E-state index in [4.69, 9.17) is 4.42 Å². The summed E-state index contributed by atoms with van der Waals surface area (Å²) in [5.41, 5.74) is 0. The third-order valence-electron chi connectivity index (χ3n) is 5.00. The number of amides is 2. The molecule has 1 aromatic heterocycles. The maximum atomic E-state index is 12.6. The number of hydrogen-bond acceptors (Lipinski definition) is 4. The van der Waals surface area contributed by atoms with E-state index >= 15 is 0 Å². The van der Waals surface area contributed by atoms with Crippen LogP contribution in [0.5, 0.6) is 0 Å². The van der Waals surface area contributed by atoms with Gasteiger partial charge in [0, 0.05) is 25.6 Å². The Morgan fingerprint density at radius 2 is 2.12 bits per heavy atom. The first-order valence-corrected chi connectivity index (χ1v) is 8.82. The number of carbonyl (C=O) groups excluding carboxylic acids is 2. The molecule has 0 bridgehead atoms. The molecule has 132 valence electrons. The third kappa shape index (κ3) is 3.98. The van der Waals surface area contributed by atoms with Crippen LogP contribution < -0.4 is 5.32 Å². The lowest BCUT2D eigenvalue weighted by Gasteiger charge is -2.32. The van der Waals surface area contributed by atoms with Crippen molar-refractivity contribution in [3.63, 3.8) is 0 Å². The van der Waals surface area contributed by atoms with Crippen LogP contribution in [0.15, 0.2) is 22.8 Å². The molecule has 0 unspecified atom stereocenters. The first kappa shape index (κ1) is 17.0. The number of likely N-dealkylation sites (N-methyl/N-ethyl adjacent to an activating group) is 1. The Kier molecular flexibility index (Phi) is 5.23. The Morgan fingerprint density at radius 3 is 2.75 bits per heavy atom. The standard InChI is InChI=1S/C18H27N3O3/c1-20(2)15(16-6-4-10-24-16)11-19-17(22)14-5-3-9-21(12-14)18(23)13-7-8-13/h4,6,10,13-15H,3,5,7-9,11-12H2,1-2H3,(H,19,22)/t14-,15+/m1/s1. The van der Waals surface area contributed by atoms with E-state index in [1.165, 1.54) is 0 Å². The summed E-state index contributed by atoms with van der Waals surface area (Å²) in [6, 6.07) is 3.79. The third-order valence-corrected chi connectivity index (χ3v) is 5.00. The van der Waals surface area contributed by atoms with E-state index in [9.17, 15) is 9.59 Å². The summed E-state index contributed by atoms with van der Waals surface area (Å²) in [6.45, 7) is 1.87. The summed E-state index contributed by atoms with van der Waals surface area (Å²) in [7, 11) is 3.94. The van der Waals surface area contributed by atoms with Crippen molar-refractivity contribution in [3.05, 3.63) is 24.2 Å². The van der Waals surface area contributed by atoms with Gasteiger partial charge in [-0.2, -0.15) is 0 Å². The number of rotatable bonds is 6. The molecule has 1 aliphatic heterocycles. The second-order valence-electron chi connectivity index (χ2n) is 7.14. The highest BCUT2D eigenvalue weighted by Crippen LogP contribution is 2.32. The Balaban J connectivity index is 1.53. The van der Waals surface area contributed by atoms with Gasteiger partial charge in [-0.15, -0.1) is 0 Å². The number of likely N-dealkylation sites (tertiary alicyclic amines) is 1. The molecule has 1 N–H and O–H groups in total. The molecule has 2 aliphatic rings.